The van der Waals surface area contributed by atoms with Crippen molar-refractivity contribution in [1.29, 1.82) is 0 Å². The van der Waals surface area contributed by atoms with Crippen LogP contribution in [0.2, 0.25) is 0 Å². The fourth-order valence-corrected chi connectivity index (χ4v) is 2.91. The van der Waals surface area contributed by atoms with Gasteiger partial charge in [-0.05, 0) is 45.4 Å². The minimum atomic E-state index is -0.595. The molecule has 0 aromatic carbocycles. The van der Waals surface area contributed by atoms with Gasteiger partial charge in [0.25, 0.3) is 0 Å². The molecule has 0 spiro atoms. The lowest BCUT2D eigenvalue weighted by Crippen LogP contribution is -2.20. The van der Waals surface area contributed by atoms with Crippen molar-refractivity contribution in [3.8, 4) is 0 Å². The minimum Gasteiger partial charge on any atom is -0.368 e. The Morgan fingerprint density at radius 3 is 1.88 bits per heavy atom. The summed E-state index contributed by atoms with van der Waals surface area (Å²) in [5, 5.41) is 10.5. The quantitative estimate of drug-likeness (QED) is 0.114. The van der Waals surface area contributed by atoms with Crippen LogP contribution in [-0.4, -0.2) is 22.8 Å². The van der Waals surface area contributed by atoms with Crippen LogP contribution in [0.5, 0.6) is 0 Å². The molecule has 0 aromatic heterocycles. The van der Waals surface area contributed by atoms with Crippen molar-refractivity contribution in [2.24, 2.45) is 0 Å². The van der Waals surface area contributed by atoms with E-state index in [2.05, 4.69) is 35.0 Å². The van der Waals surface area contributed by atoms with Crippen LogP contribution in [0.3, 0.4) is 0 Å². The summed E-state index contributed by atoms with van der Waals surface area (Å²) in [7, 11) is 0. The Bertz CT molecular complexity index is 269. The van der Waals surface area contributed by atoms with Crippen LogP contribution >= 0.6 is 15.9 Å². The molecular formula is C21H41BrO2. The first-order valence-electron chi connectivity index (χ1n) is 10.2. The molecule has 0 aliphatic carbocycles. The van der Waals surface area contributed by atoms with Crippen molar-refractivity contribution in [2.75, 3.05) is 5.33 Å². The highest BCUT2D eigenvalue weighted by molar-refractivity contribution is 9.09. The molecule has 0 bridgehead atoms. The van der Waals surface area contributed by atoms with Crippen molar-refractivity contribution >= 4 is 15.9 Å². The molecule has 0 heterocycles. The summed E-state index contributed by atoms with van der Waals surface area (Å²) in [6.07, 6.45) is 21.9. The van der Waals surface area contributed by atoms with Gasteiger partial charge in [0.1, 0.15) is 0 Å². The number of unbranched alkanes of at least 4 members (excludes halogenated alkanes) is 11. The third-order valence-electron chi connectivity index (χ3n) is 4.32. The minimum absolute atomic E-state index is 0.0862. The van der Waals surface area contributed by atoms with Gasteiger partial charge >= 0.3 is 0 Å². The highest BCUT2D eigenvalue weighted by Gasteiger charge is 2.08. The number of alkyl halides is 1. The molecule has 24 heavy (non-hydrogen) atoms. The summed E-state index contributed by atoms with van der Waals surface area (Å²) in [5.41, 5.74) is 0. The van der Waals surface area contributed by atoms with E-state index in [-0.39, 0.29) is 6.10 Å². The van der Waals surface area contributed by atoms with Gasteiger partial charge in [-0.15, -0.1) is 0 Å². The SMILES string of the molecule is CCCCCCCC/C=C\CCCCCCCC(O)OC(C)CBr. The summed E-state index contributed by atoms with van der Waals surface area (Å²) >= 11 is 3.35. The van der Waals surface area contributed by atoms with Gasteiger partial charge in [0.2, 0.25) is 0 Å². The number of rotatable bonds is 18. The summed E-state index contributed by atoms with van der Waals surface area (Å²) in [6, 6.07) is 0. The van der Waals surface area contributed by atoms with Crippen molar-refractivity contribution in [3.63, 3.8) is 0 Å². The smallest absolute Gasteiger partial charge is 0.154 e. The van der Waals surface area contributed by atoms with Gasteiger partial charge in [-0.2, -0.15) is 0 Å². The number of ether oxygens (including phenoxy) is 1. The summed E-state index contributed by atoms with van der Waals surface area (Å²) in [5.74, 6) is 0. The van der Waals surface area contributed by atoms with E-state index in [1.165, 1.54) is 77.0 Å². The number of aliphatic hydroxyl groups is 1. The Hall–Kier alpha value is 0.140. The van der Waals surface area contributed by atoms with Gasteiger partial charge in [0.15, 0.2) is 6.29 Å². The zero-order chi connectivity index (χ0) is 17.9. The molecule has 2 atom stereocenters. The Balaban J connectivity index is 3.20. The topological polar surface area (TPSA) is 29.5 Å². The molecule has 2 unspecified atom stereocenters. The average molecular weight is 405 g/mol. The highest BCUT2D eigenvalue weighted by Crippen LogP contribution is 2.12. The Kier molecular flexibility index (Phi) is 19.6. The van der Waals surface area contributed by atoms with E-state index in [9.17, 15) is 5.11 Å². The van der Waals surface area contributed by atoms with E-state index in [4.69, 9.17) is 4.74 Å². The van der Waals surface area contributed by atoms with Crippen LogP contribution in [-0.2, 0) is 4.74 Å². The van der Waals surface area contributed by atoms with E-state index < -0.39 is 6.29 Å². The molecule has 144 valence electrons. The van der Waals surface area contributed by atoms with Crippen LogP contribution in [0.1, 0.15) is 104 Å². The average Bonchev–Trinajstić information content (AvgIpc) is 2.58. The van der Waals surface area contributed by atoms with Crippen LogP contribution in [0, 0.1) is 0 Å². The second kappa shape index (κ2) is 19.5. The van der Waals surface area contributed by atoms with E-state index in [0.717, 1.165) is 18.2 Å². The van der Waals surface area contributed by atoms with Crippen LogP contribution in [0.4, 0.5) is 0 Å². The number of halogens is 1. The molecule has 0 saturated carbocycles. The van der Waals surface area contributed by atoms with Crippen molar-refractivity contribution < 1.29 is 9.84 Å². The lowest BCUT2D eigenvalue weighted by molar-refractivity contribution is -0.127. The summed E-state index contributed by atoms with van der Waals surface area (Å²) in [6.45, 7) is 4.24. The van der Waals surface area contributed by atoms with Crippen molar-refractivity contribution in [1.82, 2.24) is 0 Å². The predicted molar refractivity (Wildman–Crippen MR) is 110 cm³/mol. The second-order valence-corrected chi connectivity index (χ2v) is 7.58. The molecule has 0 fully saturated rings. The zero-order valence-corrected chi connectivity index (χ0v) is 17.7. The van der Waals surface area contributed by atoms with Crippen LogP contribution in [0.15, 0.2) is 12.2 Å². The monoisotopic (exact) mass is 404 g/mol. The highest BCUT2D eigenvalue weighted by atomic mass is 79.9. The first kappa shape index (κ1) is 24.1. The number of hydrogen-bond donors (Lipinski definition) is 1. The third-order valence-corrected chi connectivity index (χ3v) is 5.23. The van der Waals surface area contributed by atoms with Gasteiger partial charge in [0, 0.05) is 5.33 Å². The third kappa shape index (κ3) is 18.5. The van der Waals surface area contributed by atoms with Crippen LogP contribution < -0.4 is 0 Å². The van der Waals surface area contributed by atoms with E-state index >= 15 is 0 Å². The number of aliphatic hydroxyl groups excluding tert-OH is 1. The number of hydrogen-bond acceptors (Lipinski definition) is 2. The van der Waals surface area contributed by atoms with Crippen LogP contribution in [0.25, 0.3) is 0 Å². The fourth-order valence-electron chi connectivity index (χ4n) is 2.76. The standard InChI is InChI=1S/C21H41BrO2/c1-3-4-5-6-7-8-9-10-11-12-13-14-15-16-17-18-21(23)24-20(2)19-22/h10-11,20-21,23H,3-9,12-19H2,1-2H3/b11-10-. The Morgan fingerprint density at radius 1 is 0.833 bits per heavy atom. The second-order valence-electron chi connectivity index (χ2n) is 6.93. The van der Waals surface area contributed by atoms with E-state index in [0.29, 0.717) is 0 Å². The maximum Gasteiger partial charge on any atom is 0.154 e. The molecule has 0 aliphatic rings. The van der Waals surface area contributed by atoms with E-state index in [1.807, 2.05) is 6.92 Å². The maximum absolute atomic E-state index is 9.70. The normalized spacial score (nSPS) is 14.3. The molecule has 0 rings (SSSR count). The molecule has 0 amide bonds. The molecule has 0 aromatic rings. The largest absolute Gasteiger partial charge is 0.368 e. The summed E-state index contributed by atoms with van der Waals surface area (Å²) in [4.78, 5) is 0. The lowest BCUT2D eigenvalue weighted by Gasteiger charge is -2.16. The lowest BCUT2D eigenvalue weighted by atomic mass is 10.1. The van der Waals surface area contributed by atoms with Gasteiger partial charge in [-0.1, -0.05) is 86.4 Å². The summed E-state index contributed by atoms with van der Waals surface area (Å²) < 4.78 is 5.42. The van der Waals surface area contributed by atoms with Gasteiger partial charge < -0.3 is 9.84 Å². The fraction of sp³-hybridized carbons (Fsp3) is 0.905. The molecule has 0 saturated heterocycles. The van der Waals surface area contributed by atoms with Crippen molar-refractivity contribution in [3.05, 3.63) is 12.2 Å². The molecular weight excluding hydrogens is 364 g/mol. The number of allylic oxidation sites excluding steroid dienone is 2. The molecule has 3 heteroatoms. The Morgan fingerprint density at radius 2 is 1.33 bits per heavy atom. The Labute approximate surface area is 159 Å². The van der Waals surface area contributed by atoms with Gasteiger partial charge in [-0.25, -0.2) is 0 Å². The first-order valence-corrected chi connectivity index (χ1v) is 11.4. The molecule has 0 radical (unpaired) electrons. The van der Waals surface area contributed by atoms with E-state index in [1.54, 1.807) is 0 Å². The van der Waals surface area contributed by atoms with Gasteiger partial charge in [-0.3, -0.25) is 0 Å². The maximum atomic E-state index is 9.70. The van der Waals surface area contributed by atoms with Crippen molar-refractivity contribution in [2.45, 2.75) is 116 Å². The first-order chi connectivity index (χ1) is 11.7. The predicted octanol–water partition coefficient (Wildman–Crippen LogP) is 7.14. The zero-order valence-electron chi connectivity index (χ0n) is 16.1. The molecule has 0 aliphatic heterocycles. The molecule has 1 N–H and O–H groups in total. The van der Waals surface area contributed by atoms with Gasteiger partial charge in [0.05, 0.1) is 6.10 Å². The molecule has 2 nitrogen and oxygen atoms in total.